The molecule has 2 aromatic carbocycles. The first-order valence-electron chi connectivity index (χ1n) is 5.90. The van der Waals surface area contributed by atoms with Crippen LogP contribution in [0.2, 0.25) is 10.0 Å². The van der Waals surface area contributed by atoms with Crippen molar-refractivity contribution in [2.75, 3.05) is 17.2 Å². The summed E-state index contributed by atoms with van der Waals surface area (Å²) in [5, 5.41) is 5.79. The standard InChI is InChI=1S/C14H10Cl2F2N2O/c15-9-2-1-3-12(14(9)16)20-13(21)7-19-8-4-5-10(17)11(18)6-8/h1-6,19H,7H2,(H,20,21). The Labute approximate surface area is 129 Å². The second-order valence-corrected chi connectivity index (χ2v) is 4.92. The molecular weight excluding hydrogens is 321 g/mol. The summed E-state index contributed by atoms with van der Waals surface area (Å²) in [7, 11) is 0. The van der Waals surface area contributed by atoms with Gasteiger partial charge in [-0.2, -0.15) is 0 Å². The lowest BCUT2D eigenvalue weighted by atomic mass is 10.3. The number of anilines is 2. The number of hydrogen-bond donors (Lipinski definition) is 2. The van der Waals surface area contributed by atoms with Gasteiger partial charge in [-0.25, -0.2) is 8.78 Å². The van der Waals surface area contributed by atoms with E-state index in [9.17, 15) is 13.6 Å². The van der Waals surface area contributed by atoms with E-state index < -0.39 is 17.5 Å². The predicted molar refractivity (Wildman–Crippen MR) is 79.9 cm³/mol. The van der Waals surface area contributed by atoms with Crippen molar-refractivity contribution in [2.45, 2.75) is 0 Å². The lowest BCUT2D eigenvalue weighted by Gasteiger charge is -2.10. The zero-order valence-electron chi connectivity index (χ0n) is 10.6. The van der Waals surface area contributed by atoms with Crippen LogP contribution in [0.1, 0.15) is 0 Å². The van der Waals surface area contributed by atoms with Crippen LogP contribution in [0.4, 0.5) is 20.2 Å². The number of hydrogen-bond acceptors (Lipinski definition) is 2. The lowest BCUT2D eigenvalue weighted by Crippen LogP contribution is -2.22. The van der Waals surface area contributed by atoms with E-state index in [1.54, 1.807) is 18.2 Å². The number of carbonyl (C=O) groups excluding carboxylic acids is 1. The minimum absolute atomic E-state index is 0.131. The highest BCUT2D eigenvalue weighted by Crippen LogP contribution is 2.29. The van der Waals surface area contributed by atoms with Crippen LogP contribution in [0.25, 0.3) is 0 Å². The maximum atomic E-state index is 13.0. The molecule has 1 amide bonds. The van der Waals surface area contributed by atoms with Crippen molar-refractivity contribution in [3.63, 3.8) is 0 Å². The number of carbonyl (C=O) groups is 1. The van der Waals surface area contributed by atoms with Gasteiger partial charge in [0, 0.05) is 11.8 Å². The van der Waals surface area contributed by atoms with Gasteiger partial charge in [-0.15, -0.1) is 0 Å². The molecule has 0 saturated carbocycles. The molecule has 0 unspecified atom stereocenters. The Bertz CT molecular complexity index is 680. The van der Waals surface area contributed by atoms with E-state index >= 15 is 0 Å². The average Bonchev–Trinajstić information content (AvgIpc) is 2.45. The largest absolute Gasteiger partial charge is 0.376 e. The first-order chi connectivity index (χ1) is 9.97. The van der Waals surface area contributed by atoms with Crippen LogP contribution in [0.5, 0.6) is 0 Å². The molecule has 0 aliphatic heterocycles. The van der Waals surface area contributed by atoms with Gasteiger partial charge in [0.25, 0.3) is 0 Å². The summed E-state index contributed by atoms with van der Waals surface area (Å²) in [5.74, 6) is -2.34. The molecule has 0 fully saturated rings. The molecule has 2 N–H and O–H groups in total. The van der Waals surface area contributed by atoms with Gasteiger partial charge in [0.2, 0.25) is 5.91 Å². The van der Waals surface area contributed by atoms with Crippen molar-refractivity contribution in [3.05, 3.63) is 58.1 Å². The smallest absolute Gasteiger partial charge is 0.243 e. The summed E-state index contributed by atoms with van der Waals surface area (Å²) in [5.41, 5.74) is 0.669. The van der Waals surface area contributed by atoms with E-state index in [0.717, 1.165) is 12.1 Å². The van der Waals surface area contributed by atoms with Crippen LogP contribution >= 0.6 is 23.2 Å². The van der Waals surface area contributed by atoms with Gasteiger partial charge >= 0.3 is 0 Å². The Morgan fingerprint density at radius 2 is 1.86 bits per heavy atom. The third kappa shape index (κ3) is 4.06. The van der Waals surface area contributed by atoms with Crippen molar-refractivity contribution in [1.82, 2.24) is 0 Å². The second kappa shape index (κ2) is 6.74. The minimum atomic E-state index is -0.988. The zero-order valence-corrected chi connectivity index (χ0v) is 12.1. The van der Waals surface area contributed by atoms with E-state index in [-0.39, 0.29) is 11.6 Å². The van der Waals surface area contributed by atoms with Crippen molar-refractivity contribution >= 4 is 40.5 Å². The summed E-state index contributed by atoms with van der Waals surface area (Å²) in [6.07, 6.45) is 0. The summed E-state index contributed by atoms with van der Waals surface area (Å²) < 4.78 is 25.8. The van der Waals surface area contributed by atoms with Gasteiger partial charge in [-0.1, -0.05) is 29.3 Å². The van der Waals surface area contributed by atoms with Gasteiger partial charge in [0.05, 0.1) is 22.3 Å². The SMILES string of the molecule is O=C(CNc1ccc(F)c(F)c1)Nc1cccc(Cl)c1Cl. The van der Waals surface area contributed by atoms with Crippen LogP contribution in [0.15, 0.2) is 36.4 Å². The Kier molecular flexibility index (Phi) is 4.98. The average molecular weight is 331 g/mol. The summed E-state index contributed by atoms with van der Waals surface area (Å²) in [4.78, 5) is 11.8. The van der Waals surface area contributed by atoms with Gasteiger partial charge in [0.15, 0.2) is 11.6 Å². The van der Waals surface area contributed by atoms with Gasteiger partial charge in [-0.05, 0) is 24.3 Å². The molecular formula is C14H10Cl2F2N2O. The second-order valence-electron chi connectivity index (χ2n) is 4.13. The van der Waals surface area contributed by atoms with Crippen molar-refractivity contribution < 1.29 is 13.6 Å². The monoisotopic (exact) mass is 330 g/mol. The first-order valence-corrected chi connectivity index (χ1v) is 6.66. The van der Waals surface area contributed by atoms with Gasteiger partial charge < -0.3 is 10.6 Å². The highest BCUT2D eigenvalue weighted by molar-refractivity contribution is 6.44. The molecule has 21 heavy (non-hydrogen) atoms. The van der Waals surface area contributed by atoms with Crippen molar-refractivity contribution in [2.24, 2.45) is 0 Å². The number of amides is 1. The van der Waals surface area contributed by atoms with E-state index in [1.165, 1.54) is 6.07 Å². The minimum Gasteiger partial charge on any atom is -0.376 e. The molecule has 0 aliphatic rings. The zero-order chi connectivity index (χ0) is 15.4. The molecule has 0 atom stereocenters. The quantitative estimate of drug-likeness (QED) is 0.876. The number of halogens is 4. The Morgan fingerprint density at radius 1 is 1.10 bits per heavy atom. The third-order valence-corrected chi connectivity index (χ3v) is 3.42. The summed E-state index contributed by atoms with van der Waals surface area (Å²) in [6.45, 7) is -0.131. The van der Waals surface area contributed by atoms with Crippen LogP contribution in [0, 0.1) is 11.6 Å². The number of nitrogens with one attached hydrogen (secondary N) is 2. The summed E-state index contributed by atoms with van der Waals surface area (Å²) in [6, 6.07) is 8.12. The number of benzene rings is 2. The van der Waals surface area contributed by atoms with Crippen LogP contribution in [-0.4, -0.2) is 12.5 Å². The molecule has 0 aromatic heterocycles. The maximum Gasteiger partial charge on any atom is 0.243 e. The lowest BCUT2D eigenvalue weighted by molar-refractivity contribution is -0.114. The Morgan fingerprint density at radius 3 is 2.57 bits per heavy atom. The highest BCUT2D eigenvalue weighted by atomic mass is 35.5. The fraction of sp³-hybridized carbons (Fsp3) is 0.0714. The topological polar surface area (TPSA) is 41.1 Å². The summed E-state index contributed by atoms with van der Waals surface area (Å²) >= 11 is 11.8. The van der Waals surface area contributed by atoms with E-state index in [4.69, 9.17) is 23.2 Å². The number of rotatable bonds is 4. The van der Waals surface area contributed by atoms with E-state index in [0.29, 0.717) is 16.4 Å². The molecule has 0 bridgehead atoms. The van der Waals surface area contributed by atoms with Crippen LogP contribution in [0.3, 0.4) is 0 Å². The molecule has 0 radical (unpaired) electrons. The normalized spacial score (nSPS) is 10.3. The van der Waals surface area contributed by atoms with Crippen molar-refractivity contribution in [3.8, 4) is 0 Å². The molecule has 2 rings (SSSR count). The highest BCUT2D eigenvalue weighted by Gasteiger charge is 2.09. The molecule has 7 heteroatoms. The van der Waals surface area contributed by atoms with Crippen LogP contribution in [-0.2, 0) is 4.79 Å². The molecule has 2 aromatic rings. The Hall–Kier alpha value is -1.85. The van der Waals surface area contributed by atoms with E-state index in [2.05, 4.69) is 10.6 Å². The molecule has 0 aliphatic carbocycles. The Balaban J connectivity index is 1.96. The van der Waals surface area contributed by atoms with Gasteiger partial charge in [0.1, 0.15) is 0 Å². The molecule has 0 spiro atoms. The predicted octanol–water partition coefficient (Wildman–Crippen LogP) is 4.32. The molecule has 0 saturated heterocycles. The van der Waals surface area contributed by atoms with Crippen molar-refractivity contribution in [1.29, 1.82) is 0 Å². The first kappa shape index (κ1) is 15.5. The molecule has 3 nitrogen and oxygen atoms in total. The fourth-order valence-corrected chi connectivity index (χ4v) is 1.93. The van der Waals surface area contributed by atoms with Crippen LogP contribution < -0.4 is 10.6 Å². The maximum absolute atomic E-state index is 13.0. The molecule has 0 heterocycles. The molecule has 110 valence electrons. The van der Waals surface area contributed by atoms with E-state index in [1.807, 2.05) is 0 Å². The third-order valence-electron chi connectivity index (χ3n) is 2.60. The fourth-order valence-electron chi connectivity index (χ4n) is 1.58. The van der Waals surface area contributed by atoms with Gasteiger partial charge in [-0.3, -0.25) is 4.79 Å².